The molecule has 0 aromatic rings. The summed E-state index contributed by atoms with van der Waals surface area (Å²) in [6, 6.07) is 0. The molecule has 128 valence electrons. The van der Waals surface area contributed by atoms with Crippen molar-refractivity contribution in [1.82, 2.24) is 0 Å². The van der Waals surface area contributed by atoms with Crippen LogP contribution in [0.3, 0.4) is 0 Å². The number of hydrogen-bond donors (Lipinski definition) is 0. The highest BCUT2D eigenvalue weighted by atomic mass is 16.2. The van der Waals surface area contributed by atoms with Crippen molar-refractivity contribution >= 4 is 28.9 Å². The van der Waals surface area contributed by atoms with Crippen molar-refractivity contribution in [2.75, 3.05) is 0 Å². The van der Waals surface area contributed by atoms with Gasteiger partial charge in [0, 0.05) is 31.6 Å². The van der Waals surface area contributed by atoms with Crippen molar-refractivity contribution < 1.29 is 24.0 Å². The van der Waals surface area contributed by atoms with Crippen LogP contribution in [-0.4, -0.2) is 28.9 Å². The zero-order valence-electron chi connectivity index (χ0n) is 15.3. The van der Waals surface area contributed by atoms with Gasteiger partial charge in [0.2, 0.25) is 11.6 Å². The fourth-order valence-corrected chi connectivity index (χ4v) is 0.813. The molecule has 0 saturated heterocycles. The van der Waals surface area contributed by atoms with Crippen LogP contribution in [0.4, 0.5) is 0 Å². The van der Waals surface area contributed by atoms with E-state index in [1.165, 1.54) is 13.8 Å². The fraction of sp³-hybridized carbons (Fsp3) is 0.706. The summed E-state index contributed by atoms with van der Waals surface area (Å²) in [5.74, 6) is -1.09. The topological polar surface area (TPSA) is 85.3 Å². The third-order valence-electron chi connectivity index (χ3n) is 2.56. The zero-order chi connectivity index (χ0) is 18.6. The van der Waals surface area contributed by atoms with Gasteiger partial charge in [-0.1, -0.05) is 41.5 Å². The minimum Gasteiger partial charge on any atom is -0.300 e. The second kappa shape index (κ2) is 13.0. The largest absolute Gasteiger partial charge is 0.300 e. The summed E-state index contributed by atoms with van der Waals surface area (Å²) in [5.41, 5.74) is 0. The molecule has 0 rings (SSSR count). The summed E-state index contributed by atoms with van der Waals surface area (Å²) in [7, 11) is 0. The van der Waals surface area contributed by atoms with Crippen LogP contribution in [0.1, 0.15) is 62.3 Å². The molecule has 0 fully saturated rings. The quantitative estimate of drug-likeness (QED) is 0.728. The summed E-state index contributed by atoms with van der Waals surface area (Å²) in [5, 5.41) is 0. The van der Waals surface area contributed by atoms with E-state index in [1.54, 1.807) is 34.6 Å². The molecule has 0 aliphatic rings. The van der Waals surface area contributed by atoms with Gasteiger partial charge in [0.15, 0.2) is 11.6 Å². The van der Waals surface area contributed by atoms with Gasteiger partial charge in [0.1, 0.15) is 5.78 Å². The molecule has 22 heavy (non-hydrogen) atoms. The van der Waals surface area contributed by atoms with Gasteiger partial charge in [-0.2, -0.15) is 0 Å². The number of Topliss-reactive ketones (excluding diaryl/α,β-unsaturated/α-hetero) is 5. The minimum absolute atomic E-state index is 0.146. The molecule has 0 N–H and O–H groups in total. The Morgan fingerprint density at radius 2 is 0.682 bits per heavy atom. The monoisotopic (exact) mass is 314 g/mol. The van der Waals surface area contributed by atoms with E-state index in [-0.39, 0.29) is 46.7 Å². The van der Waals surface area contributed by atoms with E-state index in [4.69, 9.17) is 0 Å². The van der Waals surface area contributed by atoms with Gasteiger partial charge in [-0.25, -0.2) is 0 Å². The lowest BCUT2D eigenvalue weighted by Gasteiger charge is -1.95. The van der Waals surface area contributed by atoms with Gasteiger partial charge in [-0.3, -0.25) is 24.0 Å². The summed E-state index contributed by atoms with van der Waals surface area (Å²) in [4.78, 5) is 51.6. The molecule has 0 heterocycles. The third-order valence-corrected chi connectivity index (χ3v) is 2.56. The first-order valence-electron chi connectivity index (χ1n) is 7.35. The molecule has 0 bridgehead atoms. The van der Waals surface area contributed by atoms with Gasteiger partial charge in [0.05, 0.1) is 0 Å². The highest BCUT2D eigenvalue weighted by molar-refractivity contribution is 6.37. The van der Waals surface area contributed by atoms with Crippen LogP contribution in [0, 0.1) is 17.8 Å². The Morgan fingerprint density at radius 3 is 0.682 bits per heavy atom. The molecular weight excluding hydrogens is 284 g/mol. The minimum atomic E-state index is -0.347. The van der Waals surface area contributed by atoms with E-state index in [0.29, 0.717) is 0 Å². The van der Waals surface area contributed by atoms with E-state index in [9.17, 15) is 24.0 Å². The Hall–Kier alpha value is -1.65. The Kier molecular flexibility index (Phi) is 15.0. The number of ketones is 5. The second-order valence-corrected chi connectivity index (χ2v) is 5.92. The summed E-state index contributed by atoms with van der Waals surface area (Å²) in [6.07, 6.45) is 0. The van der Waals surface area contributed by atoms with Crippen LogP contribution < -0.4 is 0 Å². The van der Waals surface area contributed by atoms with Gasteiger partial charge in [-0.15, -0.1) is 0 Å². The van der Waals surface area contributed by atoms with Crippen LogP contribution in [-0.2, 0) is 24.0 Å². The number of rotatable bonds is 5. The average molecular weight is 314 g/mol. The lowest BCUT2D eigenvalue weighted by Crippen LogP contribution is -2.15. The van der Waals surface area contributed by atoms with E-state index in [2.05, 4.69) is 0 Å². The van der Waals surface area contributed by atoms with Crippen molar-refractivity contribution in [1.29, 1.82) is 0 Å². The molecule has 0 aliphatic heterocycles. The molecule has 0 spiro atoms. The lowest BCUT2D eigenvalue weighted by molar-refractivity contribution is -0.137. The molecule has 0 saturated carbocycles. The van der Waals surface area contributed by atoms with E-state index >= 15 is 0 Å². The van der Waals surface area contributed by atoms with Crippen molar-refractivity contribution in [2.45, 2.75) is 62.3 Å². The highest BCUT2D eigenvalue weighted by Gasteiger charge is 2.11. The van der Waals surface area contributed by atoms with Gasteiger partial charge in [-0.05, 0) is 6.92 Å². The smallest absolute Gasteiger partial charge is 0.200 e. The fourth-order valence-electron chi connectivity index (χ4n) is 0.813. The summed E-state index contributed by atoms with van der Waals surface area (Å²) < 4.78 is 0. The Morgan fingerprint density at radius 1 is 0.500 bits per heavy atom. The first-order chi connectivity index (χ1) is 9.75. The van der Waals surface area contributed by atoms with Crippen LogP contribution in [0.2, 0.25) is 0 Å². The molecule has 0 aliphatic carbocycles. The molecule has 0 amide bonds. The normalized spacial score (nSPS) is 9.45. The Balaban J connectivity index is -0.000000249. The molecular formula is C17H30O5. The molecule has 0 aromatic heterocycles. The maximum Gasteiger partial charge on any atom is 0.200 e. The molecule has 0 radical (unpaired) electrons. The van der Waals surface area contributed by atoms with E-state index in [1.807, 2.05) is 13.8 Å². The molecule has 0 aromatic carbocycles. The standard InChI is InChI=1S/2C6H10O2.C5H10O/c2*1-4(2)6(8)5(3)7;1-4(2)5(3)6/h2*4H,1-3H3;4H,1-3H3. The highest BCUT2D eigenvalue weighted by Crippen LogP contribution is 1.94. The molecule has 5 heteroatoms. The lowest BCUT2D eigenvalue weighted by atomic mass is 10.1. The molecule has 0 unspecified atom stereocenters. The number of carbonyl (C=O) groups excluding carboxylic acids is 5. The summed E-state index contributed by atoms with van der Waals surface area (Å²) in [6.45, 7) is 14.8. The predicted molar refractivity (Wildman–Crippen MR) is 86.6 cm³/mol. The van der Waals surface area contributed by atoms with Crippen LogP contribution in [0.15, 0.2) is 0 Å². The van der Waals surface area contributed by atoms with E-state index < -0.39 is 0 Å². The molecule has 0 atom stereocenters. The van der Waals surface area contributed by atoms with Crippen LogP contribution >= 0.6 is 0 Å². The van der Waals surface area contributed by atoms with E-state index in [0.717, 1.165) is 0 Å². The van der Waals surface area contributed by atoms with Crippen molar-refractivity contribution in [3.8, 4) is 0 Å². The van der Waals surface area contributed by atoms with Crippen molar-refractivity contribution in [3.63, 3.8) is 0 Å². The Labute approximate surface area is 133 Å². The summed E-state index contributed by atoms with van der Waals surface area (Å²) >= 11 is 0. The SMILES string of the molecule is CC(=O)C(=O)C(C)C.CC(=O)C(=O)C(C)C.CC(=O)C(C)C. The van der Waals surface area contributed by atoms with Gasteiger partial charge < -0.3 is 0 Å². The Bertz CT molecular complexity index is 373. The maximum absolute atomic E-state index is 10.5. The predicted octanol–water partition coefficient (Wildman–Crippen LogP) is 2.83. The third kappa shape index (κ3) is 16.4. The van der Waals surface area contributed by atoms with Crippen LogP contribution in [0.5, 0.6) is 0 Å². The van der Waals surface area contributed by atoms with Crippen molar-refractivity contribution in [2.24, 2.45) is 17.8 Å². The average Bonchev–Trinajstić information content (AvgIpc) is 2.37. The first kappa shape index (κ1) is 25.3. The van der Waals surface area contributed by atoms with Crippen LogP contribution in [0.25, 0.3) is 0 Å². The van der Waals surface area contributed by atoms with Gasteiger partial charge in [0.25, 0.3) is 0 Å². The van der Waals surface area contributed by atoms with Gasteiger partial charge >= 0.3 is 0 Å². The van der Waals surface area contributed by atoms with Crippen molar-refractivity contribution in [3.05, 3.63) is 0 Å². The number of hydrogen-bond acceptors (Lipinski definition) is 5. The molecule has 5 nitrogen and oxygen atoms in total. The second-order valence-electron chi connectivity index (χ2n) is 5.92. The number of carbonyl (C=O) groups is 5. The zero-order valence-corrected chi connectivity index (χ0v) is 15.3. The first-order valence-corrected chi connectivity index (χ1v) is 7.35. The maximum atomic E-state index is 10.5.